The minimum Gasteiger partial charge on any atom is -0.462 e. The van der Waals surface area contributed by atoms with Gasteiger partial charge in [-0.2, -0.15) is 0 Å². The second kappa shape index (κ2) is 66.1. The van der Waals surface area contributed by atoms with Gasteiger partial charge in [-0.3, -0.25) is 14.4 Å². The van der Waals surface area contributed by atoms with Crippen molar-refractivity contribution in [1.29, 1.82) is 0 Å². The number of ether oxygens (including phenoxy) is 3. The van der Waals surface area contributed by atoms with Crippen LogP contribution in [-0.2, 0) is 28.6 Å². The first-order valence-electron chi connectivity index (χ1n) is 34.5. The van der Waals surface area contributed by atoms with Gasteiger partial charge in [0.2, 0.25) is 0 Å². The Balaban J connectivity index is 4.11. The van der Waals surface area contributed by atoms with Gasteiger partial charge in [-0.05, 0) is 57.8 Å². The van der Waals surface area contributed by atoms with E-state index in [1.807, 2.05) is 0 Å². The van der Waals surface area contributed by atoms with Crippen LogP contribution in [0.2, 0.25) is 0 Å². The molecule has 0 aliphatic rings. The quantitative estimate of drug-likeness (QED) is 0.0261. The molecule has 0 aromatic heterocycles. The lowest BCUT2D eigenvalue weighted by atomic mass is 10.0. The van der Waals surface area contributed by atoms with Gasteiger partial charge in [0.05, 0.1) is 0 Å². The van der Waals surface area contributed by atoms with Gasteiger partial charge in [0.15, 0.2) is 6.10 Å². The Morgan fingerprint density at radius 2 is 0.468 bits per heavy atom. The lowest BCUT2D eigenvalue weighted by molar-refractivity contribution is -0.167. The van der Waals surface area contributed by atoms with Crippen LogP contribution in [0.25, 0.3) is 0 Å². The summed E-state index contributed by atoms with van der Waals surface area (Å²) in [6.07, 6.45) is 81.8. The van der Waals surface area contributed by atoms with Crippen molar-refractivity contribution >= 4 is 17.9 Å². The van der Waals surface area contributed by atoms with E-state index in [9.17, 15) is 14.4 Å². The van der Waals surface area contributed by atoms with Crippen molar-refractivity contribution in [1.82, 2.24) is 0 Å². The fourth-order valence-corrected chi connectivity index (χ4v) is 10.5. The molecule has 452 valence electrons. The molecule has 0 amide bonds. The predicted octanol–water partition coefficient (Wildman–Crippen LogP) is 23.6. The fraction of sp³-hybridized carbons (Fsp3) is 0.873. The maximum atomic E-state index is 12.9. The Labute approximate surface area is 480 Å². The highest BCUT2D eigenvalue weighted by atomic mass is 16.6. The number of allylic oxidation sites excluding steroid dienone is 6. The van der Waals surface area contributed by atoms with E-state index in [1.54, 1.807) is 0 Å². The molecule has 1 unspecified atom stereocenters. The first kappa shape index (κ1) is 74.6. The highest BCUT2D eigenvalue weighted by Gasteiger charge is 2.19. The van der Waals surface area contributed by atoms with Gasteiger partial charge < -0.3 is 14.2 Å². The van der Waals surface area contributed by atoms with E-state index in [0.29, 0.717) is 19.3 Å². The van der Waals surface area contributed by atoms with Crippen LogP contribution in [0, 0.1) is 0 Å². The van der Waals surface area contributed by atoms with E-state index in [2.05, 4.69) is 57.2 Å². The van der Waals surface area contributed by atoms with Crippen LogP contribution in [0.1, 0.15) is 380 Å². The van der Waals surface area contributed by atoms with Crippen LogP contribution in [0.3, 0.4) is 0 Å². The van der Waals surface area contributed by atoms with E-state index in [0.717, 1.165) is 70.6 Å². The van der Waals surface area contributed by atoms with Crippen molar-refractivity contribution in [3.05, 3.63) is 36.5 Å². The number of unbranched alkanes of at least 4 members (excludes halogenated alkanes) is 47. The van der Waals surface area contributed by atoms with E-state index in [1.165, 1.54) is 270 Å². The van der Waals surface area contributed by atoms with Crippen molar-refractivity contribution in [2.75, 3.05) is 13.2 Å². The molecule has 0 fully saturated rings. The minimum atomic E-state index is -0.767. The van der Waals surface area contributed by atoms with Crippen molar-refractivity contribution in [2.45, 2.75) is 386 Å². The smallest absolute Gasteiger partial charge is 0.306 e. The summed E-state index contributed by atoms with van der Waals surface area (Å²) in [6, 6.07) is 0. The first-order chi connectivity index (χ1) is 38.0. The molecule has 1 atom stereocenters. The summed E-state index contributed by atoms with van der Waals surface area (Å²) in [4.78, 5) is 38.3. The van der Waals surface area contributed by atoms with Crippen LogP contribution in [0.15, 0.2) is 36.5 Å². The molecule has 0 radical (unpaired) electrons. The van der Waals surface area contributed by atoms with Crippen LogP contribution in [0.5, 0.6) is 0 Å². The SMILES string of the molecule is CCCCCCC/C=C\C/C=C\C/C=C\CCCCCCCCCCCCCCCCCCC(=O)OCC(COC(=O)CCCCCCCCCCCCC)OC(=O)CCCCCCCCCCCCCCCCCCC. The number of carbonyl (C=O) groups is 3. The molecule has 0 aromatic carbocycles. The predicted molar refractivity (Wildman–Crippen MR) is 335 cm³/mol. The number of esters is 3. The maximum absolute atomic E-state index is 12.9. The number of hydrogen-bond donors (Lipinski definition) is 0. The number of carbonyl (C=O) groups excluding carboxylic acids is 3. The van der Waals surface area contributed by atoms with Gasteiger partial charge in [-0.15, -0.1) is 0 Å². The molecular weight excluding hydrogens is 949 g/mol. The third-order valence-corrected chi connectivity index (χ3v) is 15.6. The third kappa shape index (κ3) is 64.3. The molecule has 0 saturated heterocycles. The minimum absolute atomic E-state index is 0.0650. The summed E-state index contributed by atoms with van der Waals surface area (Å²) in [7, 11) is 0. The molecule has 6 nitrogen and oxygen atoms in total. The zero-order valence-electron chi connectivity index (χ0n) is 52.0. The average Bonchev–Trinajstić information content (AvgIpc) is 3.43. The molecule has 0 spiro atoms. The standard InChI is InChI=1S/C71H132O6/c1-4-7-10-13-16-19-22-24-26-28-29-30-31-32-33-34-35-36-37-38-39-40-41-43-44-46-49-52-55-58-61-64-70(73)76-67-68(66-75-69(72)63-60-57-54-51-48-21-18-15-12-9-6-3)77-71(74)65-62-59-56-53-50-47-45-42-27-25-23-20-17-14-11-8-5-2/h22,24,28-29,31-32,68H,4-21,23,25-27,30,33-67H2,1-3H3/b24-22-,29-28-,32-31-. The summed E-state index contributed by atoms with van der Waals surface area (Å²) in [6.45, 7) is 6.69. The molecule has 0 bridgehead atoms. The molecule has 0 aliphatic carbocycles. The van der Waals surface area contributed by atoms with Crippen LogP contribution in [-0.4, -0.2) is 37.2 Å². The van der Waals surface area contributed by atoms with Crippen molar-refractivity contribution in [3.63, 3.8) is 0 Å². The lowest BCUT2D eigenvalue weighted by Gasteiger charge is -2.18. The molecule has 0 aromatic rings. The molecule has 0 N–H and O–H groups in total. The molecule has 0 aliphatic heterocycles. The van der Waals surface area contributed by atoms with Gasteiger partial charge in [0, 0.05) is 19.3 Å². The first-order valence-corrected chi connectivity index (χ1v) is 34.5. The van der Waals surface area contributed by atoms with Crippen molar-refractivity contribution < 1.29 is 28.6 Å². The maximum Gasteiger partial charge on any atom is 0.306 e. The number of rotatable bonds is 64. The zero-order chi connectivity index (χ0) is 55.7. The molecule has 0 heterocycles. The Bertz CT molecular complexity index is 1290. The lowest BCUT2D eigenvalue weighted by Crippen LogP contribution is -2.30. The molecule has 0 rings (SSSR count). The van der Waals surface area contributed by atoms with Gasteiger partial charge >= 0.3 is 17.9 Å². The van der Waals surface area contributed by atoms with E-state index in [-0.39, 0.29) is 31.1 Å². The van der Waals surface area contributed by atoms with Crippen molar-refractivity contribution in [2.24, 2.45) is 0 Å². The Hall–Kier alpha value is -2.37. The zero-order valence-corrected chi connectivity index (χ0v) is 52.0. The second-order valence-corrected chi connectivity index (χ2v) is 23.5. The van der Waals surface area contributed by atoms with E-state index >= 15 is 0 Å². The highest BCUT2D eigenvalue weighted by Crippen LogP contribution is 2.18. The Kier molecular flexibility index (Phi) is 64.1. The van der Waals surface area contributed by atoms with Crippen molar-refractivity contribution in [3.8, 4) is 0 Å². The molecule has 0 saturated carbocycles. The Morgan fingerprint density at radius 3 is 0.727 bits per heavy atom. The topological polar surface area (TPSA) is 78.9 Å². The summed E-state index contributed by atoms with van der Waals surface area (Å²) < 4.78 is 16.9. The summed E-state index contributed by atoms with van der Waals surface area (Å²) >= 11 is 0. The number of hydrogen-bond acceptors (Lipinski definition) is 6. The second-order valence-electron chi connectivity index (χ2n) is 23.5. The van der Waals surface area contributed by atoms with Crippen LogP contribution >= 0.6 is 0 Å². The normalized spacial score (nSPS) is 12.2. The van der Waals surface area contributed by atoms with Gasteiger partial charge in [-0.25, -0.2) is 0 Å². The summed E-state index contributed by atoms with van der Waals surface area (Å²) in [5.41, 5.74) is 0. The highest BCUT2D eigenvalue weighted by molar-refractivity contribution is 5.71. The Morgan fingerprint density at radius 1 is 0.260 bits per heavy atom. The molecular formula is C71H132O6. The van der Waals surface area contributed by atoms with E-state index < -0.39 is 6.10 Å². The fourth-order valence-electron chi connectivity index (χ4n) is 10.5. The average molecular weight is 1080 g/mol. The van der Waals surface area contributed by atoms with Crippen LogP contribution in [0.4, 0.5) is 0 Å². The van der Waals surface area contributed by atoms with Gasteiger partial charge in [-0.1, -0.05) is 340 Å². The van der Waals surface area contributed by atoms with Gasteiger partial charge in [0.1, 0.15) is 13.2 Å². The van der Waals surface area contributed by atoms with E-state index in [4.69, 9.17) is 14.2 Å². The largest absolute Gasteiger partial charge is 0.462 e. The molecule has 77 heavy (non-hydrogen) atoms. The third-order valence-electron chi connectivity index (χ3n) is 15.6. The van der Waals surface area contributed by atoms with Gasteiger partial charge in [0.25, 0.3) is 0 Å². The monoisotopic (exact) mass is 1080 g/mol. The molecule has 6 heteroatoms. The summed E-state index contributed by atoms with van der Waals surface area (Å²) in [5.74, 6) is -0.838. The van der Waals surface area contributed by atoms with Crippen LogP contribution < -0.4 is 0 Å². The summed E-state index contributed by atoms with van der Waals surface area (Å²) in [5, 5.41) is 0.